The minimum absolute atomic E-state index is 0.0662. The molecule has 0 spiro atoms. The Bertz CT molecular complexity index is 248. The monoisotopic (exact) mass is 213 g/mol. The molecule has 1 rings (SSSR count). The standard InChI is InChI=1S/C11H19NOS/c1-3-11(2,5-6-13)12-8-10-4-7-14-9-10/h4,7,9,12-13H,3,5-6,8H2,1-2H3. The fourth-order valence-electron chi connectivity index (χ4n) is 1.35. The maximum absolute atomic E-state index is 8.95. The Hall–Kier alpha value is -0.380. The highest BCUT2D eigenvalue weighted by Crippen LogP contribution is 2.15. The molecule has 1 atom stereocenters. The molecule has 2 N–H and O–H groups in total. The summed E-state index contributed by atoms with van der Waals surface area (Å²) < 4.78 is 0. The molecular weight excluding hydrogens is 194 g/mol. The van der Waals surface area contributed by atoms with E-state index in [9.17, 15) is 0 Å². The van der Waals surface area contributed by atoms with E-state index < -0.39 is 0 Å². The fraction of sp³-hybridized carbons (Fsp3) is 0.636. The second kappa shape index (κ2) is 5.49. The van der Waals surface area contributed by atoms with Gasteiger partial charge in [-0.3, -0.25) is 0 Å². The van der Waals surface area contributed by atoms with Gasteiger partial charge in [-0.15, -0.1) is 0 Å². The molecule has 0 saturated carbocycles. The van der Waals surface area contributed by atoms with E-state index in [1.807, 2.05) is 0 Å². The van der Waals surface area contributed by atoms with Crippen molar-refractivity contribution in [1.82, 2.24) is 5.32 Å². The van der Waals surface area contributed by atoms with Gasteiger partial charge in [-0.2, -0.15) is 11.3 Å². The molecule has 0 fully saturated rings. The Morgan fingerprint density at radius 2 is 2.36 bits per heavy atom. The molecule has 2 nitrogen and oxygen atoms in total. The van der Waals surface area contributed by atoms with Gasteiger partial charge in [0.25, 0.3) is 0 Å². The number of aliphatic hydroxyl groups excluding tert-OH is 1. The van der Waals surface area contributed by atoms with Crippen molar-refractivity contribution in [1.29, 1.82) is 0 Å². The van der Waals surface area contributed by atoms with Crippen LogP contribution in [0.5, 0.6) is 0 Å². The van der Waals surface area contributed by atoms with Crippen LogP contribution in [0.4, 0.5) is 0 Å². The zero-order chi connectivity index (χ0) is 10.4. The molecule has 1 heterocycles. The highest BCUT2D eigenvalue weighted by molar-refractivity contribution is 7.07. The quantitative estimate of drug-likeness (QED) is 0.760. The van der Waals surface area contributed by atoms with Crippen molar-refractivity contribution >= 4 is 11.3 Å². The maximum atomic E-state index is 8.95. The molecular formula is C11H19NOS. The van der Waals surface area contributed by atoms with Crippen LogP contribution in [-0.4, -0.2) is 17.3 Å². The van der Waals surface area contributed by atoms with E-state index in [0.29, 0.717) is 0 Å². The van der Waals surface area contributed by atoms with Gasteiger partial charge in [0.15, 0.2) is 0 Å². The first-order valence-corrected chi connectivity index (χ1v) is 6.01. The predicted molar refractivity (Wildman–Crippen MR) is 61.6 cm³/mol. The second-order valence-corrected chi connectivity index (χ2v) is 4.65. The van der Waals surface area contributed by atoms with E-state index in [2.05, 4.69) is 36.0 Å². The van der Waals surface area contributed by atoms with Gasteiger partial charge in [0.05, 0.1) is 0 Å². The topological polar surface area (TPSA) is 32.3 Å². The average Bonchev–Trinajstić information content (AvgIpc) is 2.68. The van der Waals surface area contributed by atoms with Crippen LogP contribution < -0.4 is 5.32 Å². The summed E-state index contributed by atoms with van der Waals surface area (Å²) in [6.07, 6.45) is 1.85. The zero-order valence-corrected chi connectivity index (χ0v) is 9.73. The number of hydrogen-bond acceptors (Lipinski definition) is 3. The lowest BCUT2D eigenvalue weighted by Crippen LogP contribution is -2.41. The van der Waals surface area contributed by atoms with Gasteiger partial charge >= 0.3 is 0 Å². The van der Waals surface area contributed by atoms with Crippen molar-refractivity contribution in [2.45, 2.75) is 38.8 Å². The van der Waals surface area contributed by atoms with Crippen LogP contribution in [0.3, 0.4) is 0 Å². The van der Waals surface area contributed by atoms with Gasteiger partial charge in [-0.05, 0) is 42.2 Å². The first-order valence-electron chi connectivity index (χ1n) is 5.07. The number of thiophene rings is 1. The van der Waals surface area contributed by atoms with Crippen LogP contribution >= 0.6 is 11.3 Å². The van der Waals surface area contributed by atoms with Crippen molar-refractivity contribution in [3.8, 4) is 0 Å². The Morgan fingerprint density at radius 1 is 1.57 bits per heavy atom. The Balaban J connectivity index is 2.41. The number of nitrogens with one attached hydrogen (secondary N) is 1. The number of hydrogen-bond donors (Lipinski definition) is 2. The molecule has 14 heavy (non-hydrogen) atoms. The molecule has 80 valence electrons. The molecule has 0 saturated heterocycles. The van der Waals surface area contributed by atoms with Gasteiger partial charge in [-0.1, -0.05) is 6.92 Å². The average molecular weight is 213 g/mol. The highest BCUT2D eigenvalue weighted by atomic mass is 32.1. The number of aliphatic hydroxyl groups is 1. The van der Waals surface area contributed by atoms with Crippen LogP contribution in [0.2, 0.25) is 0 Å². The SMILES string of the molecule is CCC(C)(CCO)NCc1ccsc1. The summed E-state index contributed by atoms with van der Waals surface area (Å²) in [5.41, 5.74) is 1.39. The maximum Gasteiger partial charge on any atom is 0.0448 e. The lowest BCUT2D eigenvalue weighted by Gasteiger charge is -2.29. The minimum atomic E-state index is 0.0662. The van der Waals surface area contributed by atoms with Crippen molar-refractivity contribution in [3.05, 3.63) is 22.4 Å². The highest BCUT2D eigenvalue weighted by Gasteiger charge is 2.19. The van der Waals surface area contributed by atoms with Gasteiger partial charge in [-0.25, -0.2) is 0 Å². The molecule has 1 unspecified atom stereocenters. The summed E-state index contributed by atoms with van der Waals surface area (Å²) in [7, 11) is 0. The van der Waals surface area contributed by atoms with Gasteiger partial charge in [0, 0.05) is 18.7 Å². The van der Waals surface area contributed by atoms with Crippen molar-refractivity contribution in [3.63, 3.8) is 0 Å². The van der Waals surface area contributed by atoms with Crippen molar-refractivity contribution in [2.24, 2.45) is 0 Å². The van der Waals surface area contributed by atoms with Gasteiger partial charge in [0.2, 0.25) is 0 Å². The van der Waals surface area contributed by atoms with E-state index in [1.54, 1.807) is 11.3 Å². The van der Waals surface area contributed by atoms with Gasteiger partial charge < -0.3 is 10.4 Å². The largest absolute Gasteiger partial charge is 0.396 e. The molecule has 0 aliphatic rings. The third-order valence-corrected chi connectivity index (χ3v) is 3.48. The molecule has 0 aliphatic carbocycles. The fourth-order valence-corrected chi connectivity index (χ4v) is 2.01. The van der Waals surface area contributed by atoms with E-state index in [0.717, 1.165) is 19.4 Å². The van der Waals surface area contributed by atoms with E-state index in [4.69, 9.17) is 5.11 Å². The molecule has 0 radical (unpaired) electrons. The Kier molecular flexibility index (Phi) is 4.58. The van der Waals surface area contributed by atoms with E-state index in [1.165, 1.54) is 5.56 Å². The first-order chi connectivity index (χ1) is 6.70. The van der Waals surface area contributed by atoms with Crippen LogP contribution in [0, 0.1) is 0 Å². The Labute approximate surface area is 90.0 Å². The second-order valence-electron chi connectivity index (χ2n) is 3.87. The molecule has 3 heteroatoms. The third kappa shape index (κ3) is 3.40. The van der Waals surface area contributed by atoms with Gasteiger partial charge in [0.1, 0.15) is 0 Å². The summed E-state index contributed by atoms with van der Waals surface area (Å²) in [6, 6.07) is 2.13. The lowest BCUT2D eigenvalue weighted by molar-refractivity contribution is 0.214. The molecule has 0 aromatic carbocycles. The zero-order valence-electron chi connectivity index (χ0n) is 8.92. The van der Waals surface area contributed by atoms with Crippen molar-refractivity contribution in [2.75, 3.05) is 6.61 Å². The van der Waals surface area contributed by atoms with Crippen LogP contribution in [-0.2, 0) is 6.54 Å². The van der Waals surface area contributed by atoms with Crippen LogP contribution in [0.25, 0.3) is 0 Å². The van der Waals surface area contributed by atoms with Crippen LogP contribution in [0.15, 0.2) is 16.8 Å². The minimum Gasteiger partial charge on any atom is -0.396 e. The number of rotatable bonds is 6. The molecule has 0 amide bonds. The molecule has 0 bridgehead atoms. The summed E-state index contributed by atoms with van der Waals surface area (Å²) in [4.78, 5) is 0. The molecule has 0 aliphatic heterocycles. The third-order valence-electron chi connectivity index (χ3n) is 2.74. The van der Waals surface area contributed by atoms with Crippen LogP contribution in [0.1, 0.15) is 32.3 Å². The Morgan fingerprint density at radius 3 is 2.86 bits per heavy atom. The lowest BCUT2D eigenvalue weighted by atomic mass is 9.95. The summed E-state index contributed by atoms with van der Waals surface area (Å²) in [5.74, 6) is 0. The van der Waals surface area contributed by atoms with E-state index in [-0.39, 0.29) is 12.1 Å². The normalized spacial score (nSPS) is 15.4. The predicted octanol–water partition coefficient (Wildman–Crippen LogP) is 2.39. The smallest absolute Gasteiger partial charge is 0.0448 e. The summed E-state index contributed by atoms with van der Waals surface area (Å²) in [5, 5.41) is 16.7. The van der Waals surface area contributed by atoms with E-state index >= 15 is 0 Å². The summed E-state index contributed by atoms with van der Waals surface area (Å²) in [6.45, 7) is 5.46. The molecule has 1 aromatic heterocycles. The molecule has 1 aromatic rings. The first kappa shape index (κ1) is 11.7. The summed E-state index contributed by atoms with van der Waals surface area (Å²) >= 11 is 1.72. The van der Waals surface area contributed by atoms with Crippen molar-refractivity contribution < 1.29 is 5.11 Å².